The number of hydrogen-bond donors (Lipinski definition) is 13. The summed E-state index contributed by atoms with van der Waals surface area (Å²) in [5.41, 5.74) is 1.22. The maximum absolute atomic E-state index is 12.8. The number of carbonyl (C=O) groups is 1. The Morgan fingerprint density at radius 3 is 1.81 bits per heavy atom. The monoisotopic (exact) mass is 1080 g/mol. The van der Waals surface area contributed by atoms with Gasteiger partial charge in [-0.3, -0.25) is 4.79 Å². The van der Waals surface area contributed by atoms with Crippen LogP contribution in [0, 0.1) is 52.3 Å². The van der Waals surface area contributed by atoms with Crippen LogP contribution in [0.15, 0.2) is 11.6 Å². The fourth-order valence-electron chi connectivity index (χ4n) is 15.0. The number of aliphatic hydroxyl groups excluding tert-OH is 13. The number of hydrogen-bond acceptors (Lipinski definition) is 23. The van der Waals surface area contributed by atoms with Crippen molar-refractivity contribution >= 4 is 5.97 Å². The van der Waals surface area contributed by atoms with E-state index in [-0.39, 0.29) is 40.7 Å². The summed E-state index contributed by atoms with van der Waals surface area (Å²) in [4.78, 5) is 12.8. The van der Waals surface area contributed by atoms with E-state index in [1.807, 2.05) is 6.92 Å². The second-order valence-corrected chi connectivity index (χ2v) is 24.0. The molecule has 23 heteroatoms. The van der Waals surface area contributed by atoms with E-state index in [2.05, 4.69) is 33.8 Å². The first-order valence-corrected chi connectivity index (χ1v) is 27.3. The molecule has 31 atom stereocenters. The van der Waals surface area contributed by atoms with Gasteiger partial charge in [0.05, 0.1) is 38.4 Å². The summed E-state index contributed by atoms with van der Waals surface area (Å²) in [6.45, 7) is 8.26. The number of esters is 1. The fraction of sp³-hybridized carbons (Fsp3) is 0.942. The third-order valence-corrected chi connectivity index (χ3v) is 19.9. The Morgan fingerprint density at radius 1 is 0.613 bits per heavy atom. The summed E-state index contributed by atoms with van der Waals surface area (Å²) in [6.07, 6.45) is -24.3. The molecule has 8 fully saturated rings. The van der Waals surface area contributed by atoms with Crippen LogP contribution in [0.25, 0.3) is 0 Å². The van der Waals surface area contributed by atoms with E-state index >= 15 is 0 Å². The second-order valence-electron chi connectivity index (χ2n) is 24.0. The lowest BCUT2D eigenvalue weighted by molar-refractivity contribution is -0.389. The first kappa shape index (κ1) is 58.0. The van der Waals surface area contributed by atoms with E-state index in [0.717, 1.165) is 44.9 Å². The minimum Gasteiger partial charge on any atom is -0.462 e. The Hall–Kier alpha value is -1.63. The van der Waals surface area contributed by atoms with Gasteiger partial charge < -0.3 is 109 Å². The van der Waals surface area contributed by atoms with Crippen molar-refractivity contribution in [3.8, 4) is 0 Å². The highest BCUT2D eigenvalue weighted by atomic mass is 16.8. The molecule has 3 saturated carbocycles. The van der Waals surface area contributed by atoms with Crippen molar-refractivity contribution in [2.45, 2.75) is 227 Å². The molecule has 0 aromatic heterocycles. The summed E-state index contributed by atoms with van der Waals surface area (Å²) in [5.74, 6) is 2.21. The van der Waals surface area contributed by atoms with Gasteiger partial charge in [-0.15, -0.1) is 0 Å². The van der Waals surface area contributed by atoms with Gasteiger partial charge in [0, 0.05) is 0 Å². The lowest BCUT2D eigenvalue weighted by atomic mass is 9.47. The summed E-state index contributed by atoms with van der Waals surface area (Å²) >= 11 is 0. The van der Waals surface area contributed by atoms with Crippen LogP contribution in [0.1, 0.15) is 92.4 Å². The number of ether oxygens (including phenoxy) is 9. The Morgan fingerprint density at radius 2 is 1.17 bits per heavy atom. The minimum absolute atomic E-state index is 0.0789. The number of carbonyl (C=O) groups excluding carboxylic acids is 1. The molecule has 0 aromatic carbocycles. The molecule has 5 aliphatic heterocycles. The third-order valence-electron chi connectivity index (χ3n) is 19.9. The number of cyclic esters (lactones) is 1. The summed E-state index contributed by atoms with van der Waals surface area (Å²) in [6, 6.07) is 0. The van der Waals surface area contributed by atoms with Gasteiger partial charge >= 0.3 is 5.97 Å². The molecule has 9 aliphatic rings. The molecule has 13 N–H and O–H groups in total. The average Bonchev–Trinajstić information content (AvgIpc) is 3.75. The van der Waals surface area contributed by atoms with Crippen LogP contribution in [-0.4, -0.2) is 234 Å². The quantitative estimate of drug-likeness (QED) is 0.0629. The van der Waals surface area contributed by atoms with Crippen LogP contribution in [0.3, 0.4) is 0 Å². The minimum atomic E-state index is -2.01. The van der Waals surface area contributed by atoms with E-state index in [0.29, 0.717) is 36.5 Å². The van der Waals surface area contributed by atoms with Crippen molar-refractivity contribution in [3.05, 3.63) is 11.6 Å². The van der Waals surface area contributed by atoms with Crippen LogP contribution in [0.5, 0.6) is 0 Å². The zero-order valence-electron chi connectivity index (χ0n) is 43.4. The molecule has 0 spiro atoms. The van der Waals surface area contributed by atoms with Gasteiger partial charge in [-0.2, -0.15) is 0 Å². The Labute approximate surface area is 436 Å². The van der Waals surface area contributed by atoms with Crippen molar-refractivity contribution in [2.75, 3.05) is 26.4 Å². The van der Waals surface area contributed by atoms with Gasteiger partial charge in [-0.05, 0) is 104 Å². The van der Waals surface area contributed by atoms with Gasteiger partial charge in [-0.25, -0.2) is 0 Å². The van der Waals surface area contributed by atoms with Crippen molar-refractivity contribution < 1.29 is 114 Å². The molecule has 5 heterocycles. The van der Waals surface area contributed by atoms with E-state index in [4.69, 9.17) is 42.6 Å². The molecule has 0 bridgehead atoms. The Kier molecular flexibility index (Phi) is 17.9. The van der Waals surface area contributed by atoms with Crippen LogP contribution in [-0.2, 0) is 47.4 Å². The van der Waals surface area contributed by atoms with E-state index in [9.17, 15) is 71.2 Å². The van der Waals surface area contributed by atoms with Gasteiger partial charge in [0.15, 0.2) is 25.2 Å². The Balaban J connectivity index is 0.908. The molecule has 23 nitrogen and oxygen atoms in total. The largest absolute Gasteiger partial charge is 0.462 e. The first-order valence-electron chi connectivity index (χ1n) is 27.3. The molecule has 430 valence electrons. The van der Waals surface area contributed by atoms with Crippen molar-refractivity contribution in [2.24, 2.45) is 52.3 Å². The summed E-state index contributed by atoms with van der Waals surface area (Å²) < 4.78 is 53.6. The number of fused-ring (bicyclic) bond motifs is 5. The average molecular weight is 1080 g/mol. The van der Waals surface area contributed by atoms with Crippen LogP contribution >= 0.6 is 0 Å². The molecule has 5 saturated heterocycles. The second kappa shape index (κ2) is 23.1. The van der Waals surface area contributed by atoms with Crippen molar-refractivity contribution in [1.82, 2.24) is 0 Å². The topological polar surface area (TPSA) is 363 Å². The Bertz CT molecular complexity index is 1960. The maximum Gasteiger partial charge on any atom is 0.309 e. The normalized spacial score (nSPS) is 53.7. The third kappa shape index (κ3) is 10.7. The summed E-state index contributed by atoms with van der Waals surface area (Å²) in [5, 5.41) is 139. The molecule has 75 heavy (non-hydrogen) atoms. The van der Waals surface area contributed by atoms with Crippen LogP contribution in [0.2, 0.25) is 0 Å². The van der Waals surface area contributed by atoms with Crippen LogP contribution < -0.4 is 0 Å². The smallest absolute Gasteiger partial charge is 0.309 e. The number of rotatable bonds is 14. The van der Waals surface area contributed by atoms with Crippen molar-refractivity contribution in [3.63, 3.8) is 0 Å². The predicted molar refractivity (Wildman–Crippen MR) is 254 cm³/mol. The van der Waals surface area contributed by atoms with Gasteiger partial charge in [0.1, 0.15) is 104 Å². The molecular formula is C52H84O23. The lowest BCUT2D eigenvalue weighted by Crippen LogP contribution is -2.67. The molecular weight excluding hydrogens is 993 g/mol. The van der Waals surface area contributed by atoms with E-state index < -0.39 is 155 Å². The first-order chi connectivity index (χ1) is 35.6. The lowest BCUT2D eigenvalue weighted by Gasteiger charge is -2.59. The van der Waals surface area contributed by atoms with E-state index in [1.165, 1.54) is 5.57 Å². The zero-order valence-corrected chi connectivity index (χ0v) is 43.4. The van der Waals surface area contributed by atoms with Gasteiger partial charge in [0.2, 0.25) is 0 Å². The number of allylic oxidation sites excluding steroid dienone is 1. The molecule has 31 unspecified atom stereocenters. The molecule has 0 radical (unpaired) electrons. The van der Waals surface area contributed by atoms with E-state index in [1.54, 1.807) is 0 Å². The fourth-order valence-corrected chi connectivity index (χ4v) is 15.0. The zero-order chi connectivity index (χ0) is 54.2. The highest BCUT2D eigenvalue weighted by Gasteiger charge is 2.61. The molecule has 4 aliphatic carbocycles. The predicted octanol–water partition coefficient (Wildman–Crippen LogP) is -2.55. The maximum atomic E-state index is 12.8. The molecule has 0 aromatic rings. The van der Waals surface area contributed by atoms with Gasteiger partial charge in [0.25, 0.3) is 0 Å². The van der Waals surface area contributed by atoms with Crippen LogP contribution in [0.4, 0.5) is 0 Å². The molecule has 9 rings (SSSR count). The standard InChI is InChI=1S/C52H84O23/c1-20-14-29(69-46(66)21(20)2)22(3)26-8-9-27-25-7-6-23-15-24(10-12-51(23,4)28(25)11-13-52(26,27)5)68-50-45(39(61)36(58)33(73-50)19-67-47-41(63)37(59)34(56)30(16-53)70-47)75-49-43(65)40(62)44(32(18-55)72-49)74-48-42(64)38(60)35(57)31(17-54)71-48/h6,20-22,24-45,47-50,53-65H,7-19H2,1-5H3. The number of aliphatic hydroxyl groups is 13. The summed E-state index contributed by atoms with van der Waals surface area (Å²) in [7, 11) is 0. The van der Waals surface area contributed by atoms with Gasteiger partial charge in [-0.1, -0.05) is 46.3 Å². The van der Waals surface area contributed by atoms with Crippen molar-refractivity contribution in [1.29, 1.82) is 0 Å². The highest BCUT2D eigenvalue weighted by molar-refractivity contribution is 5.73. The highest BCUT2D eigenvalue weighted by Crippen LogP contribution is 2.68. The molecule has 0 amide bonds. The SMILES string of the molecule is CC1CC(C(C)C2CCC3C4CC=C5CC(OC6OC(COC7OC(CO)C(O)C(O)C7O)C(O)C(O)C6OC6OC(CO)C(OC7OC(CO)C(O)C(O)C7O)C(O)C6O)CCC5(C)C4CCC23C)OC(=O)C1C.